The molecular formula is C31H41N3O5. The molecule has 0 aliphatic rings. The van der Waals surface area contributed by atoms with Gasteiger partial charge in [-0.3, -0.25) is 9.59 Å². The summed E-state index contributed by atoms with van der Waals surface area (Å²) in [6.45, 7) is 12.2. The molecule has 8 nitrogen and oxygen atoms in total. The predicted octanol–water partition coefficient (Wildman–Crippen LogP) is 4.72. The number of hydrogen-bond donors (Lipinski definition) is 3. The minimum atomic E-state index is -1.11. The fraction of sp³-hybridized carbons (Fsp3) is 0.452. The van der Waals surface area contributed by atoms with Crippen molar-refractivity contribution in [3.8, 4) is 12.3 Å². The van der Waals surface area contributed by atoms with Crippen molar-refractivity contribution in [2.75, 3.05) is 18.5 Å². The molecule has 2 aromatic rings. The number of anilines is 1. The van der Waals surface area contributed by atoms with Gasteiger partial charge in [0.25, 0.3) is 5.91 Å². The van der Waals surface area contributed by atoms with Crippen molar-refractivity contribution in [3.05, 3.63) is 64.7 Å². The number of nitrogens with zero attached hydrogens (tertiary/aromatic N) is 1. The summed E-state index contributed by atoms with van der Waals surface area (Å²) in [4.78, 5) is 42.0. The van der Waals surface area contributed by atoms with E-state index in [1.165, 1.54) is 4.90 Å². The molecule has 0 bridgehead atoms. The van der Waals surface area contributed by atoms with E-state index in [9.17, 15) is 19.5 Å². The summed E-state index contributed by atoms with van der Waals surface area (Å²) in [7, 11) is 0. The van der Waals surface area contributed by atoms with Crippen LogP contribution in [0.2, 0.25) is 0 Å². The maximum atomic E-state index is 14.1. The Morgan fingerprint density at radius 2 is 1.67 bits per heavy atom. The Hall–Kier alpha value is -3.83. The Morgan fingerprint density at radius 3 is 2.15 bits per heavy atom. The van der Waals surface area contributed by atoms with Gasteiger partial charge in [-0.25, -0.2) is 4.79 Å². The summed E-state index contributed by atoms with van der Waals surface area (Å²) in [5.74, 6) is 1.31. The van der Waals surface area contributed by atoms with E-state index in [-0.39, 0.29) is 19.1 Å². The number of aliphatic hydroxyl groups is 1. The molecule has 0 heterocycles. The SMILES string of the molecule is C#Cc1ccc(C(C(=O)Nc2c(C)cccc2C)N(CCO)C(=O)C(NC(=O)OC(C)(C)C)C(C)CC)cc1. The van der Waals surface area contributed by atoms with E-state index < -0.39 is 35.6 Å². The number of carbonyl (C=O) groups is 3. The Morgan fingerprint density at radius 1 is 1.08 bits per heavy atom. The summed E-state index contributed by atoms with van der Waals surface area (Å²) < 4.78 is 5.41. The Kier molecular flexibility index (Phi) is 11.1. The average molecular weight is 536 g/mol. The molecule has 2 aromatic carbocycles. The second-order valence-corrected chi connectivity index (χ2v) is 10.7. The van der Waals surface area contributed by atoms with Crippen LogP contribution in [-0.2, 0) is 14.3 Å². The summed E-state index contributed by atoms with van der Waals surface area (Å²) in [5, 5.41) is 15.7. The monoisotopic (exact) mass is 535 g/mol. The number of carbonyl (C=O) groups excluding carboxylic acids is 3. The zero-order chi connectivity index (χ0) is 29.3. The van der Waals surface area contributed by atoms with Gasteiger partial charge < -0.3 is 25.4 Å². The highest BCUT2D eigenvalue weighted by Gasteiger charge is 2.38. The van der Waals surface area contributed by atoms with Gasteiger partial charge in [0.2, 0.25) is 5.91 Å². The highest BCUT2D eigenvalue weighted by molar-refractivity contribution is 6.00. The molecule has 3 atom stereocenters. The third-order valence-electron chi connectivity index (χ3n) is 6.46. The van der Waals surface area contributed by atoms with E-state index in [2.05, 4.69) is 16.6 Å². The molecule has 0 radical (unpaired) electrons. The molecule has 0 spiro atoms. The molecule has 0 saturated carbocycles. The lowest BCUT2D eigenvalue weighted by Gasteiger charge is -2.36. The number of aryl methyl sites for hydroxylation is 2. The standard InChI is InChI=1S/C31H41N3O5/c1-9-20(3)26(33-30(38)39-31(6,7)8)29(37)34(18-19-35)27(24-16-14-23(10-2)15-17-24)28(36)32-25-21(4)12-11-13-22(25)5/h2,11-17,20,26-27,35H,9,18-19H2,1,3-8H3,(H,32,36)(H,33,38). The van der Waals surface area contributed by atoms with Gasteiger partial charge in [0, 0.05) is 17.8 Å². The van der Waals surface area contributed by atoms with Crippen molar-refractivity contribution in [1.29, 1.82) is 0 Å². The van der Waals surface area contributed by atoms with Gasteiger partial charge in [-0.05, 0) is 69.4 Å². The molecule has 2 rings (SSSR count). The largest absolute Gasteiger partial charge is 0.444 e. The maximum Gasteiger partial charge on any atom is 0.408 e. The van der Waals surface area contributed by atoms with E-state index in [0.29, 0.717) is 23.2 Å². The first-order valence-corrected chi connectivity index (χ1v) is 13.2. The number of ether oxygens (including phenoxy) is 1. The highest BCUT2D eigenvalue weighted by Crippen LogP contribution is 2.28. The van der Waals surface area contributed by atoms with Crippen LogP contribution in [0.4, 0.5) is 10.5 Å². The van der Waals surface area contributed by atoms with E-state index >= 15 is 0 Å². The lowest BCUT2D eigenvalue weighted by atomic mass is 9.95. The van der Waals surface area contributed by atoms with Crippen LogP contribution in [0, 0.1) is 32.1 Å². The van der Waals surface area contributed by atoms with Crippen LogP contribution < -0.4 is 10.6 Å². The first-order valence-electron chi connectivity index (χ1n) is 13.2. The minimum Gasteiger partial charge on any atom is -0.444 e. The van der Waals surface area contributed by atoms with Gasteiger partial charge in [-0.2, -0.15) is 0 Å². The van der Waals surface area contributed by atoms with Gasteiger partial charge in [0.15, 0.2) is 0 Å². The predicted molar refractivity (Wildman–Crippen MR) is 153 cm³/mol. The summed E-state index contributed by atoms with van der Waals surface area (Å²) in [5.41, 5.74) is 2.76. The average Bonchev–Trinajstić information content (AvgIpc) is 2.87. The number of benzene rings is 2. The zero-order valence-corrected chi connectivity index (χ0v) is 24.0. The molecule has 0 aromatic heterocycles. The molecule has 0 aliphatic carbocycles. The van der Waals surface area contributed by atoms with Crippen molar-refractivity contribution in [2.24, 2.45) is 5.92 Å². The summed E-state index contributed by atoms with van der Waals surface area (Å²) >= 11 is 0. The number of alkyl carbamates (subject to hydrolysis) is 1. The smallest absolute Gasteiger partial charge is 0.408 e. The summed E-state index contributed by atoms with van der Waals surface area (Å²) in [6, 6.07) is 10.4. The molecule has 3 unspecified atom stereocenters. The molecule has 3 amide bonds. The summed E-state index contributed by atoms with van der Waals surface area (Å²) in [6.07, 6.45) is 5.37. The number of amides is 3. The third-order valence-corrected chi connectivity index (χ3v) is 6.46. The molecular weight excluding hydrogens is 494 g/mol. The van der Waals surface area contributed by atoms with E-state index in [1.54, 1.807) is 45.0 Å². The highest BCUT2D eigenvalue weighted by atomic mass is 16.6. The zero-order valence-electron chi connectivity index (χ0n) is 24.0. The molecule has 0 fully saturated rings. The van der Waals surface area contributed by atoms with Crippen LogP contribution in [0.5, 0.6) is 0 Å². The van der Waals surface area contributed by atoms with Crippen molar-refractivity contribution in [2.45, 2.75) is 72.6 Å². The fourth-order valence-corrected chi connectivity index (χ4v) is 4.21. The van der Waals surface area contributed by atoms with Crippen LogP contribution in [0.15, 0.2) is 42.5 Å². The van der Waals surface area contributed by atoms with E-state index in [4.69, 9.17) is 11.2 Å². The van der Waals surface area contributed by atoms with E-state index in [0.717, 1.165) is 11.1 Å². The fourth-order valence-electron chi connectivity index (χ4n) is 4.21. The van der Waals surface area contributed by atoms with Gasteiger partial charge in [0.05, 0.1) is 6.61 Å². The van der Waals surface area contributed by atoms with Crippen LogP contribution >= 0.6 is 0 Å². The van der Waals surface area contributed by atoms with Gasteiger partial charge in [-0.1, -0.05) is 56.5 Å². The second-order valence-electron chi connectivity index (χ2n) is 10.7. The number of aliphatic hydroxyl groups excluding tert-OH is 1. The Bertz CT molecular complexity index is 1170. The van der Waals surface area contributed by atoms with Crippen LogP contribution in [0.25, 0.3) is 0 Å². The van der Waals surface area contributed by atoms with Gasteiger partial charge in [-0.15, -0.1) is 6.42 Å². The lowest BCUT2D eigenvalue weighted by Crippen LogP contribution is -2.55. The molecule has 3 N–H and O–H groups in total. The van der Waals surface area contributed by atoms with Crippen LogP contribution in [0.1, 0.15) is 69.3 Å². The van der Waals surface area contributed by atoms with Crippen LogP contribution in [-0.4, -0.2) is 52.7 Å². The molecule has 39 heavy (non-hydrogen) atoms. The normalized spacial score (nSPS) is 13.4. The number of para-hydroxylation sites is 1. The van der Waals surface area contributed by atoms with Crippen molar-refractivity contribution < 1.29 is 24.2 Å². The molecule has 0 saturated heterocycles. The molecule has 210 valence electrons. The maximum absolute atomic E-state index is 14.1. The van der Waals surface area contributed by atoms with Crippen molar-refractivity contribution in [1.82, 2.24) is 10.2 Å². The quantitative estimate of drug-likeness (QED) is 0.382. The number of rotatable bonds is 10. The lowest BCUT2D eigenvalue weighted by molar-refractivity contribution is -0.142. The van der Waals surface area contributed by atoms with Crippen molar-refractivity contribution >= 4 is 23.6 Å². The first-order chi connectivity index (χ1) is 18.3. The number of hydrogen-bond acceptors (Lipinski definition) is 5. The topological polar surface area (TPSA) is 108 Å². The first kappa shape index (κ1) is 31.4. The minimum absolute atomic E-state index is 0.135. The third kappa shape index (κ3) is 8.59. The van der Waals surface area contributed by atoms with E-state index in [1.807, 2.05) is 45.9 Å². The number of nitrogens with one attached hydrogen (secondary N) is 2. The Labute approximate surface area is 232 Å². The van der Waals surface area contributed by atoms with Gasteiger partial charge in [0.1, 0.15) is 17.7 Å². The van der Waals surface area contributed by atoms with Crippen molar-refractivity contribution in [3.63, 3.8) is 0 Å². The Balaban J connectivity index is 2.58. The molecule has 8 heteroatoms. The number of terminal acetylenes is 1. The second kappa shape index (κ2) is 13.8. The van der Waals surface area contributed by atoms with Crippen LogP contribution in [0.3, 0.4) is 0 Å². The van der Waals surface area contributed by atoms with Gasteiger partial charge >= 0.3 is 6.09 Å². The molecule has 0 aliphatic heterocycles.